The van der Waals surface area contributed by atoms with Crippen molar-refractivity contribution in [2.75, 3.05) is 41.3 Å². The second-order valence-corrected chi connectivity index (χ2v) is 8.02. The minimum absolute atomic E-state index is 0.0954. The number of pyridine rings is 2. The standard InChI is InChI=1S/C24H24N6O2/c1-16-5-6-17-15-30(24(32)18(17)13-16)22-4-2-3-19(27-22)23(31)28-20-14-26-8-7-21(20)29-11-9-25-10-12-29/h2-8,13-14,25H,9-12,15H2,1H3,(H,28,31). The third-order valence-corrected chi connectivity index (χ3v) is 5.82. The summed E-state index contributed by atoms with van der Waals surface area (Å²) in [6.07, 6.45) is 3.38. The van der Waals surface area contributed by atoms with E-state index in [1.165, 1.54) is 0 Å². The summed E-state index contributed by atoms with van der Waals surface area (Å²) in [5.74, 6) is 0.0308. The van der Waals surface area contributed by atoms with Gasteiger partial charge in [0.05, 0.1) is 24.1 Å². The number of nitrogens with zero attached hydrogens (tertiary/aromatic N) is 4. The molecule has 2 aromatic heterocycles. The van der Waals surface area contributed by atoms with Crippen molar-refractivity contribution >= 4 is 29.0 Å². The third-order valence-electron chi connectivity index (χ3n) is 5.82. The molecular weight excluding hydrogens is 404 g/mol. The number of carbonyl (C=O) groups is 2. The van der Waals surface area contributed by atoms with Crippen LogP contribution in [0.5, 0.6) is 0 Å². The maximum atomic E-state index is 13.0. The van der Waals surface area contributed by atoms with Crippen molar-refractivity contribution in [1.82, 2.24) is 15.3 Å². The molecule has 3 aromatic rings. The molecule has 1 fully saturated rings. The number of aryl methyl sites for hydroxylation is 1. The molecule has 0 bridgehead atoms. The molecule has 0 aliphatic carbocycles. The van der Waals surface area contributed by atoms with Crippen molar-refractivity contribution in [3.63, 3.8) is 0 Å². The number of hydrogen-bond donors (Lipinski definition) is 2. The first-order chi connectivity index (χ1) is 15.6. The minimum atomic E-state index is -0.337. The summed E-state index contributed by atoms with van der Waals surface area (Å²) >= 11 is 0. The van der Waals surface area contributed by atoms with Gasteiger partial charge in [0.15, 0.2) is 0 Å². The SMILES string of the molecule is Cc1ccc2c(c1)C(=O)N(c1cccc(C(=O)Nc3cnccc3N3CCNCC3)n1)C2. The zero-order chi connectivity index (χ0) is 22.1. The Balaban J connectivity index is 1.37. The van der Waals surface area contributed by atoms with Crippen LogP contribution in [0.2, 0.25) is 0 Å². The number of carbonyl (C=O) groups excluding carboxylic acids is 2. The molecule has 8 heteroatoms. The van der Waals surface area contributed by atoms with Crippen LogP contribution >= 0.6 is 0 Å². The number of hydrogen-bond acceptors (Lipinski definition) is 6. The van der Waals surface area contributed by atoms with Gasteiger partial charge in [0, 0.05) is 37.9 Å². The second kappa shape index (κ2) is 8.39. The number of anilines is 3. The van der Waals surface area contributed by atoms with Gasteiger partial charge in [-0.25, -0.2) is 4.98 Å². The molecule has 2 aliphatic rings. The lowest BCUT2D eigenvalue weighted by atomic mass is 10.1. The van der Waals surface area contributed by atoms with Crippen molar-refractivity contribution in [1.29, 1.82) is 0 Å². The number of benzene rings is 1. The molecule has 0 atom stereocenters. The lowest BCUT2D eigenvalue weighted by molar-refractivity contribution is 0.0990. The zero-order valence-corrected chi connectivity index (χ0v) is 17.8. The highest BCUT2D eigenvalue weighted by atomic mass is 16.2. The molecule has 0 unspecified atom stereocenters. The van der Waals surface area contributed by atoms with Crippen LogP contribution in [-0.4, -0.2) is 48.0 Å². The lowest BCUT2D eigenvalue weighted by Gasteiger charge is -2.30. The van der Waals surface area contributed by atoms with Crippen LogP contribution in [0.15, 0.2) is 54.9 Å². The number of rotatable bonds is 4. The van der Waals surface area contributed by atoms with Crippen molar-refractivity contribution in [3.8, 4) is 0 Å². The van der Waals surface area contributed by atoms with Crippen molar-refractivity contribution < 1.29 is 9.59 Å². The number of amides is 2. The van der Waals surface area contributed by atoms with E-state index in [9.17, 15) is 9.59 Å². The first kappa shape index (κ1) is 20.1. The largest absolute Gasteiger partial charge is 0.367 e. The Kier molecular flexibility index (Phi) is 5.28. The predicted octanol–water partition coefficient (Wildman–Crippen LogP) is 2.61. The second-order valence-electron chi connectivity index (χ2n) is 8.02. The molecule has 0 radical (unpaired) electrons. The topological polar surface area (TPSA) is 90.5 Å². The average molecular weight is 428 g/mol. The Labute approximate surface area is 186 Å². The van der Waals surface area contributed by atoms with E-state index in [-0.39, 0.29) is 17.5 Å². The van der Waals surface area contributed by atoms with E-state index in [0.29, 0.717) is 23.6 Å². The Morgan fingerprint density at radius 2 is 1.97 bits per heavy atom. The summed E-state index contributed by atoms with van der Waals surface area (Å²) in [6, 6.07) is 12.9. The van der Waals surface area contributed by atoms with Gasteiger partial charge in [-0.1, -0.05) is 23.8 Å². The van der Waals surface area contributed by atoms with E-state index >= 15 is 0 Å². The Morgan fingerprint density at radius 1 is 1.12 bits per heavy atom. The molecule has 4 heterocycles. The zero-order valence-electron chi connectivity index (χ0n) is 17.8. The molecule has 5 rings (SSSR count). The van der Waals surface area contributed by atoms with Crippen molar-refractivity contribution in [2.45, 2.75) is 13.5 Å². The van der Waals surface area contributed by atoms with Crippen molar-refractivity contribution in [3.05, 3.63) is 77.2 Å². The third kappa shape index (κ3) is 3.80. The molecular formula is C24H24N6O2. The fourth-order valence-electron chi connectivity index (χ4n) is 4.15. The monoisotopic (exact) mass is 428 g/mol. The van der Waals surface area contributed by atoms with E-state index in [4.69, 9.17) is 0 Å². The maximum absolute atomic E-state index is 13.0. The molecule has 0 spiro atoms. The minimum Gasteiger partial charge on any atom is -0.367 e. The first-order valence-electron chi connectivity index (χ1n) is 10.7. The van der Waals surface area contributed by atoms with E-state index in [1.54, 1.807) is 35.5 Å². The van der Waals surface area contributed by atoms with E-state index < -0.39 is 0 Å². The predicted molar refractivity (Wildman–Crippen MR) is 123 cm³/mol. The Hall–Kier alpha value is -3.78. The fraction of sp³-hybridized carbons (Fsp3) is 0.250. The quantitative estimate of drug-likeness (QED) is 0.664. The molecule has 32 heavy (non-hydrogen) atoms. The van der Waals surface area contributed by atoms with Crippen LogP contribution < -0.4 is 20.4 Å². The molecule has 2 aliphatic heterocycles. The van der Waals surface area contributed by atoms with Gasteiger partial charge in [0.1, 0.15) is 11.5 Å². The van der Waals surface area contributed by atoms with Crippen LogP contribution in [0.25, 0.3) is 0 Å². The van der Waals surface area contributed by atoms with Gasteiger partial charge in [0.25, 0.3) is 11.8 Å². The summed E-state index contributed by atoms with van der Waals surface area (Å²) < 4.78 is 0. The van der Waals surface area contributed by atoms with Gasteiger partial charge in [0.2, 0.25) is 0 Å². The summed E-state index contributed by atoms with van der Waals surface area (Å²) in [4.78, 5) is 38.4. The van der Waals surface area contributed by atoms with Gasteiger partial charge in [-0.3, -0.25) is 19.5 Å². The molecule has 2 amide bonds. The van der Waals surface area contributed by atoms with E-state index in [1.807, 2.05) is 31.2 Å². The van der Waals surface area contributed by atoms with Crippen LogP contribution in [-0.2, 0) is 6.54 Å². The Morgan fingerprint density at radius 3 is 2.81 bits per heavy atom. The van der Waals surface area contributed by atoms with Gasteiger partial charge in [-0.2, -0.15) is 0 Å². The number of fused-ring (bicyclic) bond motifs is 1. The molecule has 0 saturated carbocycles. The normalized spacial score (nSPS) is 15.6. The van der Waals surface area contributed by atoms with Crippen LogP contribution in [0.1, 0.15) is 32.0 Å². The average Bonchev–Trinajstić information content (AvgIpc) is 3.16. The van der Waals surface area contributed by atoms with Gasteiger partial charge < -0.3 is 15.5 Å². The highest BCUT2D eigenvalue weighted by Gasteiger charge is 2.29. The van der Waals surface area contributed by atoms with Gasteiger partial charge in [-0.15, -0.1) is 0 Å². The highest BCUT2D eigenvalue weighted by molar-refractivity contribution is 6.10. The van der Waals surface area contributed by atoms with Crippen molar-refractivity contribution in [2.24, 2.45) is 0 Å². The fourth-order valence-corrected chi connectivity index (χ4v) is 4.15. The molecule has 8 nitrogen and oxygen atoms in total. The molecule has 2 N–H and O–H groups in total. The van der Waals surface area contributed by atoms with Crippen LogP contribution in [0, 0.1) is 6.92 Å². The summed E-state index contributed by atoms with van der Waals surface area (Å²) in [5.41, 5.74) is 4.53. The Bertz CT molecular complexity index is 1190. The summed E-state index contributed by atoms with van der Waals surface area (Å²) in [6.45, 7) is 5.92. The smallest absolute Gasteiger partial charge is 0.274 e. The lowest BCUT2D eigenvalue weighted by Crippen LogP contribution is -2.43. The van der Waals surface area contributed by atoms with Gasteiger partial charge in [-0.05, 0) is 36.8 Å². The van der Waals surface area contributed by atoms with E-state index in [2.05, 4.69) is 25.5 Å². The summed E-state index contributed by atoms with van der Waals surface area (Å²) in [5, 5.41) is 6.28. The van der Waals surface area contributed by atoms with Crippen LogP contribution in [0.4, 0.5) is 17.2 Å². The summed E-state index contributed by atoms with van der Waals surface area (Å²) in [7, 11) is 0. The maximum Gasteiger partial charge on any atom is 0.274 e. The molecule has 1 saturated heterocycles. The molecule has 162 valence electrons. The first-order valence-corrected chi connectivity index (χ1v) is 10.7. The van der Waals surface area contributed by atoms with Crippen LogP contribution in [0.3, 0.4) is 0 Å². The molecule has 1 aromatic carbocycles. The van der Waals surface area contributed by atoms with E-state index in [0.717, 1.165) is 43.0 Å². The number of aromatic nitrogens is 2. The number of piperazine rings is 1. The number of nitrogens with one attached hydrogen (secondary N) is 2. The van der Waals surface area contributed by atoms with Gasteiger partial charge >= 0.3 is 0 Å². The highest BCUT2D eigenvalue weighted by Crippen LogP contribution is 2.29.